The number of carbonyl (C=O) groups excluding carboxylic acids is 3. The summed E-state index contributed by atoms with van der Waals surface area (Å²) >= 11 is 0. The van der Waals surface area contributed by atoms with E-state index < -0.39 is 0 Å². The van der Waals surface area contributed by atoms with Crippen molar-refractivity contribution in [1.29, 1.82) is 0 Å². The van der Waals surface area contributed by atoms with E-state index in [1.54, 1.807) is 16.7 Å². The molecule has 1 rings (SSSR count). The summed E-state index contributed by atoms with van der Waals surface area (Å²) < 4.78 is 9.71. The fourth-order valence-corrected chi connectivity index (χ4v) is 2.72. The van der Waals surface area contributed by atoms with Gasteiger partial charge in [-0.05, 0) is 32.7 Å². The minimum Gasteiger partial charge on any atom is -0.468 e. The number of likely N-dealkylation sites (tertiary alicyclic amines) is 1. The number of rotatable bonds is 8. The number of amides is 1. The second kappa shape index (κ2) is 10.2. The molecule has 1 aliphatic heterocycles. The third kappa shape index (κ3) is 6.56. The summed E-state index contributed by atoms with van der Waals surface area (Å²) in [5, 5.41) is 0. The summed E-state index contributed by atoms with van der Waals surface area (Å²) in [6.07, 6.45) is 2.39. The molecule has 0 radical (unpaired) electrons. The standard InChI is InChI=1S/C16H28N2O5/c1-4-8-17(12-15(20)22-3)11-14(19)18-9-6-7-13(10-18)16(21)23-5-2/h13H,4-12H2,1-3H3. The summed E-state index contributed by atoms with van der Waals surface area (Å²) in [6, 6.07) is 0. The molecule has 0 aromatic carbocycles. The van der Waals surface area contributed by atoms with Gasteiger partial charge in [0.15, 0.2) is 0 Å². The summed E-state index contributed by atoms with van der Waals surface area (Å²) in [6.45, 7) is 6.08. The zero-order chi connectivity index (χ0) is 17.2. The van der Waals surface area contributed by atoms with E-state index in [1.807, 2.05) is 6.92 Å². The Labute approximate surface area is 137 Å². The van der Waals surface area contributed by atoms with Crippen LogP contribution in [-0.2, 0) is 23.9 Å². The molecule has 0 N–H and O–H groups in total. The summed E-state index contributed by atoms with van der Waals surface area (Å²) in [5.74, 6) is -0.886. The Balaban J connectivity index is 2.56. The number of carbonyl (C=O) groups is 3. The molecule has 0 saturated carbocycles. The van der Waals surface area contributed by atoms with Crippen molar-refractivity contribution in [3.05, 3.63) is 0 Å². The van der Waals surface area contributed by atoms with Crippen LogP contribution in [0.3, 0.4) is 0 Å². The molecular weight excluding hydrogens is 300 g/mol. The highest BCUT2D eigenvalue weighted by molar-refractivity contribution is 5.81. The van der Waals surface area contributed by atoms with Crippen LogP contribution in [-0.4, -0.2) is 74.1 Å². The van der Waals surface area contributed by atoms with Crippen molar-refractivity contribution in [2.24, 2.45) is 5.92 Å². The van der Waals surface area contributed by atoms with Gasteiger partial charge < -0.3 is 14.4 Å². The lowest BCUT2D eigenvalue weighted by Crippen LogP contribution is -2.47. The van der Waals surface area contributed by atoms with Gasteiger partial charge >= 0.3 is 11.9 Å². The van der Waals surface area contributed by atoms with Gasteiger partial charge in [-0.2, -0.15) is 0 Å². The van der Waals surface area contributed by atoms with E-state index in [-0.39, 0.29) is 36.9 Å². The fourth-order valence-electron chi connectivity index (χ4n) is 2.72. The first-order valence-corrected chi connectivity index (χ1v) is 8.25. The first kappa shape index (κ1) is 19.4. The maximum atomic E-state index is 12.5. The highest BCUT2D eigenvalue weighted by Gasteiger charge is 2.30. The SMILES string of the molecule is CCCN(CC(=O)OC)CC(=O)N1CCCC(C(=O)OCC)C1. The molecule has 0 bridgehead atoms. The second-order valence-corrected chi connectivity index (χ2v) is 5.72. The Kier molecular flexibility index (Phi) is 8.61. The van der Waals surface area contributed by atoms with Crippen LogP contribution in [0.5, 0.6) is 0 Å². The van der Waals surface area contributed by atoms with Gasteiger partial charge in [-0.25, -0.2) is 0 Å². The molecular formula is C16H28N2O5. The maximum absolute atomic E-state index is 12.5. The van der Waals surface area contributed by atoms with Crippen LogP contribution in [0.25, 0.3) is 0 Å². The number of hydrogen-bond donors (Lipinski definition) is 0. The minimum absolute atomic E-state index is 0.0589. The van der Waals surface area contributed by atoms with Gasteiger partial charge in [0.05, 0.1) is 32.7 Å². The molecule has 7 nitrogen and oxygen atoms in total. The van der Waals surface area contributed by atoms with E-state index in [0.29, 0.717) is 26.2 Å². The predicted molar refractivity (Wildman–Crippen MR) is 84.7 cm³/mol. The molecule has 132 valence electrons. The van der Waals surface area contributed by atoms with Gasteiger partial charge in [0.2, 0.25) is 5.91 Å². The number of piperidine rings is 1. The molecule has 7 heteroatoms. The van der Waals surface area contributed by atoms with Gasteiger partial charge in [-0.15, -0.1) is 0 Å². The molecule has 1 heterocycles. The van der Waals surface area contributed by atoms with E-state index >= 15 is 0 Å². The lowest BCUT2D eigenvalue weighted by atomic mass is 9.98. The molecule has 0 aromatic heterocycles. The second-order valence-electron chi connectivity index (χ2n) is 5.72. The van der Waals surface area contributed by atoms with Crippen molar-refractivity contribution >= 4 is 17.8 Å². The highest BCUT2D eigenvalue weighted by atomic mass is 16.5. The maximum Gasteiger partial charge on any atom is 0.319 e. The molecule has 1 unspecified atom stereocenters. The zero-order valence-corrected chi connectivity index (χ0v) is 14.4. The summed E-state index contributed by atoms with van der Waals surface area (Å²) in [4.78, 5) is 39.2. The van der Waals surface area contributed by atoms with Crippen LogP contribution >= 0.6 is 0 Å². The van der Waals surface area contributed by atoms with Crippen molar-refractivity contribution in [2.45, 2.75) is 33.1 Å². The third-order valence-electron chi connectivity index (χ3n) is 3.87. The quantitative estimate of drug-likeness (QED) is 0.610. The van der Waals surface area contributed by atoms with Crippen molar-refractivity contribution in [3.8, 4) is 0 Å². The van der Waals surface area contributed by atoms with Gasteiger partial charge in [0.25, 0.3) is 0 Å². The van der Waals surface area contributed by atoms with E-state index in [4.69, 9.17) is 4.74 Å². The third-order valence-corrected chi connectivity index (χ3v) is 3.87. The summed E-state index contributed by atoms with van der Waals surface area (Å²) in [5.41, 5.74) is 0. The van der Waals surface area contributed by atoms with E-state index in [1.165, 1.54) is 7.11 Å². The van der Waals surface area contributed by atoms with Gasteiger partial charge in [-0.3, -0.25) is 19.3 Å². The average Bonchev–Trinajstić information content (AvgIpc) is 2.55. The average molecular weight is 328 g/mol. The monoisotopic (exact) mass is 328 g/mol. The number of nitrogens with zero attached hydrogens (tertiary/aromatic N) is 2. The molecule has 1 saturated heterocycles. The number of esters is 2. The molecule has 1 fully saturated rings. The smallest absolute Gasteiger partial charge is 0.319 e. The van der Waals surface area contributed by atoms with Crippen LogP contribution < -0.4 is 0 Å². The van der Waals surface area contributed by atoms with Crippen molar-refractivity contribution in [3.63, 3.8) is 0 Å². The Bertz CT molecular complexity index is 413. The Morgan fingerprint density at radius 2 is 1.96 bits per heavy atom. The predicted octanol–water partition coefficient (Wildman–Crippen LogP) is 0.673. The minimum atomic E-state index is -0.353. The molecule has 0 spiro atoms. The van der Waals surface area contributed by atoms with Crippen molar-refractivity contribution < 1.29 is 23.9 Å². The first-order valence-electron chi connectivity index (χ1n) is 8.25. The van der Waals surface area contributed by atoms with Gasteiger partial charge in [0, 0.05) is 13.1 Å². The van der Waals surface area contributed by atoms with Crippen molar-refractivity contribution in [1.82, 2.24) is 9.80 Å². The molecule has 1 atom stereocenters. The molecule has 1 aliphatic rings. The molecule has 23 heavy (non-hydrogen) atoms. The molecule has 0 aliphatic carbocycles. The normalized spacial score (nSPS) is 17.9. The van der Waals surface area contributed by atoms with Gasteiger partial charge in [0.1, 0.15) is 0 Å². The van der Waals surface area contributed by atoms with Crippen LogP contribution in [0, 0.1) is 5.92 Å². The number of hydrogen-bond acceptors (Lipinski definition) is 6. The van der Waals surface area contributed by atoms with E-state index in [2.05, 4.69) is 4.74 Å². The van der Waals surface area contributed by atoms with Crippen molar-refractivity contribution in [2.75, 3.05) is 46.4 Å². The van der Waals surface area contributed by atoms with E-state index in [0.717, 1.165) is 19.3 Å². The largest absolute Gasteiger partial charge is 0.468 e. The van der Waals surface area contributed by atoms with Crippen LogP contribution in [0.1, 0.15) is 33.1 Å². The summed E-state index contributed by atoms with van der Waals surface area (Å²) in [7, 11) is 1.34. The number of ether oxygens (including phenoxy) is 2. The fraction of sp³-hybridized carbons (Fsp3) is 0.812. The topological polar surface area (TPSA) is 76.2 Å². The molecule has 0 aromatic rings. The Hall–Kier alpha value is -1.63. The van der Waals surface area contributed by atoms with E-state index in [9.17, 15) is 14.4 Å². The highest BCUT2D eigenvalue weighted by Crippen LogP contribution is 2.18. The number of methoxy groups -OCH3 is 1. The van der Waals surface area contributed by atoms with Crippen LogP contribution in [0.4, 0.5) is 0 Å². The lowest BCUT2D eigenvalue weighted by Gasteiger charge is -2.33. The Morgan fingerprint density at radius 3 is 2.57 bits per heavy atom. The van der Waals surface area contributed by atoms with Crippen LogP contribution in [0.15, 0.2) is 0 Å². The van der Waals surface area contributed by atoms with Gasteiger partial charge in [-0.1, -0.05) is 6.92 Å². The first-order chi connectivity index (χ1) is 11.0. The lowest BCUT2D eigenvalue weighted by molar-refractivity contribution is -0.151. The molecule has 1 amide bonds. The zero-order valence-electron chi connectivity index (χ0n) is 14.4. The van der Waals surface area contributed by atoms with Crippen LogP contribution in [0.2, 0.25) is 0 Å². The Morgan fingerprint density at radius 1 is 1.22 bits per heavy atom.